The Bertz CT molecular complexity index is 1520. The van der Waals surface area contributed by atoms with Crippen LogP contribution in [-0.2, 0) is 4.74 Å². The maximum Gasteiger partial charge on any atom is 0.407 e. The number of hydrogen-bond acceptors (Lipinski definition) is 8. The number of alkyl carbamates (subject to hydrolysis) is 1. The van der Waals surface area contributed by atoms with Crippen LogP contribution in [0.2, 0.25) is 0 Å². The third-order valence-electron chi connectivity index (χ3n) is 6.02. The smallest absolute Gasteiger partial charge is 0.407 e. The lowest BCUT2D eigenvalue weighted by molar-refractivity contribution is 0.0527. The molecule has 3 N–H and O–H groups in total. The summed E-state index contributed by atoms with van der Waals surface area (Å²) in [6.07, 6.45) is 3.49. The third kappa shape index (κ3) is 8.76. The molecule has 10 heteroatoms. The molecule has 3 heterocycles. The molecule has 0 radical (unpaired) electrons. The van der Waals surface area contributed by atoms with Gasteiger partial charge in [-0.05, 0) is 95.1 Å². The van der Waals surface area contributed by atoms with Crippen LogP contribution in [0, 0.1) is 13.8 Å². The normalized spacial score (nSPS) is 11.0. The van der Waals surface area contributed by atoms with Gasteiger partial charge in [0.15, 0.2) is 5.75 Å². The molecule has 42 heavy (non-hydrogen) atoms. The van der Waals surface area contributed by atoms with Crippen molar-refractivity contribution in [3.63, 3.8) is 0 Å². The van der Waals surface area contributed by atoms with Gasteiger partial charge in [-0.2, -0.15) is 0 Å². The number of hydrogen-bond donors (Lipinski definition) is 3. The predicted molar refractivity (Wildman–Crippen MR) is 162 cm³/mol. The molecule has 0 fully saturated rings. The van der Waals surface area contributed by atoms with Crippen molar-refractivity contribution >= 4 is 23.5 Å². The topological polar surface area (TPSA) is 127 Å². The van der Waals surface area contributed by atoms with E-state index >= 15 is 0 Å². The maximum absolute atomic E-state index is 12.5. The molecule has 3 aromatic heterocycles. The van der Waals surface area contributed by atoms with Crippen LogP contribution >= 0.6 is 0 Å². The molecule has 0 unspecified atom stereocenters. The van der Waals surface area contributed by atoms with E-state index in [4.69, 9.17) is 14.5 Å². The van der Waals surface area contributed by atoms with Crippen molar-refractivity contribution in [2.75, 3.05) is 18.4 Å². The fourth-order valence-corrected chi connectivity index (χ4v) is 3.86. The summed E-state index contributed by atoms with van der Waals surface area (Å²) in [6.45, 7) is 10.2. The van der Waals surface area contributed by atoms with E-state index in [1.165, 1.54) is 0 Å². The number of anilines is 2. The number of rotatable bonds is 10. The summed E-state index contributed by atoms with van der Waals surface area (Å²) in [5.41, 5.74) is 4.05. The number of benzene rings is 1. The van der Waals surface area contributed by atoms with Gasteiger partial charge < -0.3 is 25.4 Å². The molecular weight excluding hydrogens is 532 g/mol. The van der Waals surface area contributed by atoms with Crippen LogP contribution in [0.3, 0.4) is 0 Å². The van der Waals surface area contributed by atoms with Crippen LogP contribution < -0.4 is 20.7 Å². The van der Waals surface area contributed by atoms with E-state index in [0.29, 0.717) is 48.1 Å². The van der Waals surface area contributed by atoms with Crippen LogP contribution in [0.25, 0.3) is 11.4 Å². The number of carbonyl (C=O) groups excluding carboxylic acids is 2. The number of ether oxygens (including phenoxy) is 2. The molecule has 1 aromatic carbocycles. The fraction of sp³-hybridized carbons (Fsp3) is 0.281. The molecule has 4 aromatic rings. The SMILES string of the molecule is Cc1cc(Oc2ccnc(Nc3ccc(C(=O)NCCCNC(=O)OC(C)(C)C)cc3)c2)c(-c2ccccn2)nc1C. The zero-order chi connectivity index (χ0) is 30.1. The molecular formula is C32H36N6O4. The van der Waals surface area contributed by atoms with Gasteiger partial charge >= 0.3 is 6.09 Å². The summed E-state index contributed by atoms with van der Waals surface area (Å²) < 4.78 is 11.4. The monoisotopic (exact) mass is 568 g/mol. The molecule has 0 spiro atoms. The van der Waals surface area contributed by atoms with Gasteiger partial charge in [0.1, 0.15) is 22.9 Å². The molecule has 0 aliphatic heterocycles. The lowest BCUT2D eigenvalue weighted by Gasteiger charge is -2.19. The van der Waals surface area contributed by atoms with Crippen molar-refractivity contribution in [1.29, 1.82) is 0 Å². The first-order valence-electron chi connectivity index (χ1n) is 13.7. The Morgan fingerprint density at radius 1 is 0.881 bits per heavy atom. The second-order valence-corrected chi connectivity index (χ2v) is 10.7. The third-order valence-corrected chi connectivity index (χ3v) is 6.02. The second-order valence-electron chi connectivity index (χ2n) is 10.7. The highest BCUT2D eigenvalue weighted by molar-refractivity contribution is 5.94. The molecule has 0 bridgehead atoms. The van der Waals surface area contributed by atoms with Gasteiger partial charge in [-0.3, -0.25) is 9.78 Å². The average molecular weight is 569 g/mol. The van der Waals surface area contributed by atoms with Crippen molar-refractivity contribution in [3.8, 4) is 22.9 Å². The first kappa shape index (κ1) is 30.0. The molecule has 0 atom stereocenters. The van der Waals surface area contributed by atoms with E-state index in [0.717, 1.165) is 22.6 Å². The summed E-state index contributed by atoms with van der Waals surface area (Å²) in [5.74, 6) is 1.58. The Labute approximate surface area is 245 Å². The fourth-order valence-electron chi connectivity index (χ4n) is 3.86. The summed E-state index contributed by atoms with van der Waals surface area (Å²) in [4.78, 5) is 37.8. The number of pyridine rings is 3. The maximum atomic E-state index is 12.5. The summed E-state index contributed by atoms with van der Waals surface area (Å²) in [5, 5.41) is 8.78. The van der Waals surface area contributed by atoms with Gasteiger partial charge in [-0.1, -0.05) is 6.07 Å². The minimum atomic E-state index is -0.547. The number of carbonyl (C=O) groups is 2. The van der Waals surface area contributed by atoms with Crippen LogP contribution in [0.4, 0.5) is 16.3 Å². The first-order chi connectivity index (χ1) is 20.1. The van der Waals surface area contributed by atoms with Crippen molar-refractivity contribution in [2.24, 2.45) is 0 Å². The number of aryl methyl sites for hydroxylation is 2. The lowest BCUT2D eigenvalue weighted by atomic mass is 10.1. The van der Waals surface area contributed by atoms with Gasteiger partial charge in [-0.25, -0.2) is 14.8 Å². The Kier molecular flexibility index (Phi) is 9.69. The highest BCUT2D eigenvalue weighted by Crippen LogP contribution is 2.33. The Balaban J connectivity index is 1.33. The lowest BCUT2D eigenvalue weighted by Crippen LogP contribution is -2.34. The van der Waals surface area contributed by atoms with Crippen molar-refractivity contribution < 1.29 is 19.1 Å². The Hall–Kier alpha value is -4.99. The average Bonchev–Trinajstić information content (AvgIpc) is 2.95. The number of aromatic nitrogens is 3. The first-order valence-corrected chi connectivity index (χ1v) is 13.7. The molecule has 2 amide bonds. The molecule has 0 saturated heterocycles. The number of nitrogens with one attached hydrogen (secondary N) is 3. The highest BCUT2D eigenvalue weighted by atomic mass is 16.6. The van der Waals surface area contributed by atoms with Gasteiger partial charge in [0.2, 0.25) is 0 Å². The summed E-state index contributed by atoms with van der Waals surface area (Å²) >= 11 is 0. The van der Waals surface area contributed by atoms with Crippen LogP contribution in [-0.4, -0.2) is 45.6 Å². The molecule has 10 nitrogen and oxygen atoms in total. The minimum Gasteiger partial charge on any atom is -0.455 e. The van der Waals surface area contributed by atoms with E-state index in [2.05, 4.69) is 25.9 Å². The van der Waals surface area contributed by atoms with Crippen LogP contribution in [0.15, 0.2) is 73.1 Å². The van der Waals surface area contributed by atoms with E-state index in [1.54, 1.807) is 69.6 Å². The summed E-state index contributed by atoms with van der Waals surface area (Å²) in [6, 6.07) is 18.3. The van der Waals surface area contributed by atoms with Crippen molar-refractivity contribution in [1.82, 2.24) is 25.6 Å². The molecule has 0 saturated carbocycles. The van der Waals surface area contributed by atoms with Gasteiger partial charge in [0.25, 0.3) is 5.91 Å². The Morgan fingerprint density at radius 2 is 1.64 bits per heavy atom. The summed E-state index contributed by atoms with van der Waals surface area (Å²) in [7, 11) is 0. The van der Waals surface area contributed by atoms with E-state index < -0.39 is 11.7 Å². The van der Waals surface area contributed by atoms with Gasteiger partial charge in [0, 0.05) is 48.5 Å². The zero-order valence-electron chi connectivity index (χ0n) is 24.5. The predicted octanol–water partition coefficient (Wildman–Crippen LogP) is 6.34. The van der Waals surface area contributed by atoms with E-state index in [1.807, 2.05) is 38.1 Å². The highest BCUT2D eigenvalue weighted by Gasteiger charge is 2.16. The van der Waals surface area contributed by atoms with Gasteiger partial charge in [0.05, 0.1) is 5.69 Å². The standard InChI is InChI=1S/C32H36N6O4/c1-21-19-27(29(37-22(21)2)26-9-6-7-15-33-26)41-25-14-18-34-28(20-25)38-24-12-10-23(11-13-24)30(39)35-16-8-17-36-31(40)42-32(3,4)5/h6-7,9-15,18-20H,8,16-17H2,1-5H3,(H,34,38)(H,35,39)(H,36,40). The molecule has 0 aliphatic rings. The van der Waals surface area contributed by atoms with E-state index in [9.17, 15) is 9.59 Å². The number of nitrogens with zero attached hydrogens (tertiary/aromatic N) is 3. The zero-order valence-corrected chi connectivity index (χ0v) is 24.5. The quantitative estimate of drug-likeness (QED) is 0.189. The van der Waals surface area contributed by atoms with Crippen molar-refractivity contribution in [3.05, 3.63) is 89.9 Å². The van der Waals surface area contributed by atoms with Crippen LogP contribution in [0.5, 0.6) is 11.5 Å². The minimum absolute atomic E-state index is 0.196. The van der Waals surface area contributed by atoms with Crippen molar-refractivity contribution in [2.45, 2.75) is 46.6 Å². The second kappa shape index (κ2) is 13.6. The van der Waals surface area contributed by atoms with E-state index in [-0.39, 0.29) is 5.91 Å². The number of amides is 2. The molecule has 4 rings (SSSR count). The Morgan fingerprint density at radius 3 is 2.36 bits per heavy atom. The van der Waals surface area contributed by atoms with Gasteiger partial charge in [-0.15, -0.1) is 0 Å². The molecule has 218 valence electrons. The molecule has 0 aliphatic carbocycles. The largest absolute Gasteiger partial charge is 0.455 e. The van der Waals surface area contributed by atoms with Crippen LogP contribution in [0.1, 0.15) is 48.8 Å².